The molecule has 1 saturated carbocycles. The van der Waals surface area contributed by atoms with E-state index in [2.05, 4.69) is 55.6 Å². The molecule has 0 bridgehead atoms. The highest BCUT2D eigenvalue weighted by atomic mass is 35.5. The molecule has 1 fully saturated rings. The van der Waals surface area contributed by atoms with Gasteiger partial charge >= 0.3 is 24.0 Å². The Morgan fingerprint density at radius 1 is 0.980 bits per heavy atom. The summed E-state index contributed by atoms with van der Waals surface area (Å²) < 4.78 is 43.3. The van der Waals surface area contributed by atoms with Crippen LogP contribution in [0.25, 0.3) is 0 Å². The summed E-state index contributed by atoms with van der Waals surface area (Å²) in [6.07, 6.45) is 7.06. The van der Waals surface area contributed by atoms with Crippen LogP contribution in [0.4, 0.5) is 30.8 Å². The van der Waals surface area contributed by atoms with E-state index in [-0.39, 0.29) is 30.9 Å². The Bertz CT molecular complexity index is 1580. The molecule has 3 aromatic rings. The average Bonchev–Trinajstić information content (AvgIpc) is 3.84. The van der Waals surface area contributed by atoms with Crippen molar-refractivity contribution >= 4 is 46.9 Å². The van der Waals surface area contributed by atoms with Crippen molar-refractivity contribution in [1.29, 1.82) is 0 Å². The normalized spacial score (nSPS) is 12.3. The number of likely N-dealkylation sites (N-methyl/N-ethyl adjacent to an activating group) is 1. The monoisotopic (exact) mass is 702 g/mol. The van der Waals surface area contributed by atoms with E-state index in [1.807, 2.05) is 19.1 Å². The van der Waals surface area contributed by atoms with Gasteiger partial charge in [0.15, 0.2) is 6.61 Å². The summed E-state index contributed by atoms with van der Waals surface area (Å²) in [6, 6.07) is 12.9. The number of amides is 3. The molecule has 49 heavy (non-hydrogen) atoms. The molecule has 0 saturated heterocycles. The molecule has 0 spiro atoms. The van der Waals surface area contributed by atoms with Crippen molar-refractivity contribution < 1.29 is 32.3 Å². The summed E-state index contributed by atoms with van der Waals surface area (Å²) in [5.41, 5.74) is 1.21. The van der Waals surface area contributed by atoms with E-state index in [1.54, 1.807) is 30.3 Å². The minimum atomic E-state index is -4.59. The van der Waals surface area contributed by atoms with Crippen molar-refractivity contribution in [2.45, 2.75) is 37.9 Å². The topological polar surface area (TPSA) is 150 Å². The van der Waals surface area contributed by atoms with Gasteiger partial charge in [-0.2, -0.15) is 28.1 Å². The smallest absolute Gasteiger partial charge is 0.422 e. The predicted molar refractivity (Wildman–Crippen MR) is 182 cm³/mol. The van der Waals surface area contributed by atoms with Crippen molar-refractivity contribution in [3.05, 3.63) is 77.3 Å². The fraction of sp³-hybridized carbons (Fsp3) is 0.333. The fourth-order valence-electron chi connectivity index (χ4n) is 3.98. The number of carbonyl (C=O) groups is 3. The molecule has 0 unspecified atom stereocenters. The van der Waals surface area contributed by atoms with Gasteiger partial charge in [0.2, 0.25) is 11.9 Å². The summed E-state index contributed by atoms with van der Waals surface area (Å²) in [7, 11) is 2.94. The minimum absolute atomic E-state index is 0.0189. The van der Waals surface area contributed by atoms with E-state index in [0.29, 0.717) is 22.7 Å². The van der Waals surface area contributed by atoms with E-state index in [4.69, 9.17) is 16.3 Å². The van der Waals surface area contributed by atoms with Gasteiger partial charge in [0.1, 0.15) is 0 Å². The highest BCUT2D eigenvalue weighted by Crippen LogP contribution is 2.48. The van der Waals surface area contributed by atoms with Crippen LogP contribution in [-0.4, -0.2) is 77.5 Å². The van der Waals surface area contributed by atoms with Gasteiger partial charge < -0.3 is 30.9 Å². The van der Waals surface area contributed by atoms with Crippen molar-refractivity contribution in [1.82, 2.24) is 30.5 Å². The van der Waals surface area contributed by atoms with Gasteiger partial charge in [0.05, 0.1) is 5.54 Å². The molecule has 262 valence electrons. The first-order chi connectivity index (χ1) is 23.2. The molecular weight excluding hydrogens is 665 g/mol. The number of nitrogens with one attached hydrogen (secondary N) is 4. The Labute approximate surface area is 287 Å². The van der Waals surface area contributed by atoms with Gasteiger partial charge in [-0.25, -0.2) is 0 Å². The van der Waals surface area contributed by atoms with E-state index in [9.17, 15) is 27.6 Å². The second kappa shape index (κ2) is 18.8. The molecular formula is C33H38ClF3N8O4. The van der Waals surface area contributed by atoms with Crippen molar-refractivity contribution in [3.63, 3.8) is 0 Å². The number of terminal acetylenes is 1. The number of rotatable bonds is 12. The van der Waals surface area contributed by atoms with Crippen LogP contribution in [-0.2, 0) is 15.1 Å². The number of carbonyl (C=O) groups excluding carboxylic acids is 3. The van der Waals surface area contributed by atoms with Crippen molar-refractivity contribution in [2.75, 3.05) is 44.4 Å². The van der Waals surface area contributed by atoms with Gasteiger partial charge in [0, 0.05) is 43.5 Å². The zero-order valence-corrected chi connectivity index (χ0v) is 28.0. The highest BCUT2D eigenvalue weighted by Gasteiger charge is 2.45. The molecule has 3 amide bonds. The van der Waals surface area contributed by atoms with Crippen molar-refractivity contribution in [3.8, 4) is 18.9 Å². The SMILES string of the molecule is C#C.C=CC.CN(C)C(=O)C(=O)NCCCNC(=O)c1ccc(Nc2nc(NC3(c4ccc(Cl)cc4)CC3)nc(OCC(F)(F)F)n2)cc1. The van der Waals surface area contributed by atoms with Crippen LogP contribution in [0.5, 0.6) is 6.01 Å². The van der Waals surface area contributed by atoms with Crippen molar-refractivity contribution in [2.24, 2.45) is 0 Å². The van der Waals surface area contributed by atoms with Crippen LogP contribution in [0.2, 0.25) is 5.02 Å². The largest absolute Gasteiger partial charge is 0.454 e. The summed E-state index contributed by atoms with van der Waals surface area (Å²) >= 11 is 6.00. The molecule has 1 aliphatic carbocycles. The average molecular weight is 703 g/mol. The van der Waals surface area contributed by atoms with Gasteiger partial charge in [-0.05, 0) is 68.1 Å². The Kier molecular flexibility index (Phi) is 15.3. The standard InChI is InChI=1S/C28H30ClF3N8O4.C3H6.C2H2/c1-40(2)23(43)22(42)34-15-3-14-33-21(41)17-4-10-20(11-5-17)35-24-36-25(38-26(37-24)44-16-28(30,31)32)39-27(12-13-27)18-6-8-19(29)9-7-18;1-3-2;1-2/h4-11H,3,12-16H2,1-2H3,(H,33,41)(H,34,42)(H2,35,36,37,38,39);3H,1H2,2H3;1-2H. The number of hydrogen-bond donors (Lipinski definition) is 4. The quantitative estimate of drug-likeness (QED) is 0.0878. The van der Waals surface area contributed by atoms with Crippen LogP contribution < -0.4 is 26.0 Å². The second-order valence-corrected chi connectivity index (χ2v) is 11.0. The lowest BCUT2D eigenvalue weighted by Gasteiger charge is -2.19. The highest BCUT2D eigenvalue weighted by molar-refractivity contribution is 6.34. The Hall–Kier alpha value is -5.36. The maximum absolute atomic E-state index is 12.8. The van der Waals surface area contributed by atoms with E-state index < -0.39 is 36.1 Å². The molecule has 1 aromatic heterocycles. The summed E-state index contributed by atoms with van der Waals surface area (Å²) in [5.74, 6) is -1.80. The molecule has 0 atom stereocenters. The molecule has 0 aliphatic heterocycles. The number of nitrogens with zero attached hydrogens (tertiary/aromatic N) is 4. The predicted octanol–water partition coefficient (Wildman–Crippen LogP) is 5.08. The van der Waals surface area contributed by atoms with E-state index in [1.165, 1.54) is 31.1 Å². The zero-order chi connectivity index (χ0) is 36.6. The lowest BCUT2D eigenvalue weighted by atomic mass is 10.1. The second-order valence-electron chi connectivity index (χ2n) is 10.6. The first-order valence-corrected chi connectivity index (χ1v) is 15.2. The third-order valence-electron chi connectivity index (χ3n) is 6.41. The molecule has 12 nitrogen and oxygen atoms in total. The number of ether oxygens (including phenoxy) is 1. The van der Waals surface area contributed by atoms with Crippen LogP contribution in [0.3, 0.4) is 0 Å². The number of allylic oxidation sites excluding steroid dienone is 1. The van der Waals surface area contributed by atoms with Crippen LogP contribution in [0, 0.1) is 12.8 Å². The van der Waals surface area contributed by atoms with E-state index >= 15 is 0 Å². The fourth-order valence-corrected chi connectivity index (χ4v) is 4.11. The number of alkyl halides is 3. The number of benzene rings is 2. The van der Waals surface area contributed by atoms with Crippen LogP contribution >= 0.6 is 11.6 Å². The lowest BCUT2D eigenvalue weighted by molar-refractivity contribution is -0.154. The third-order valence-corrected chi connectivity index (χ3v) is 6.66. The number of aromatic nitrogens is 3. The maximum Gasteiger partial charge on any atom is 0.422 e. The Morgan fingerprint density at radius 2 is 1.55 bits per heavy atom. The summed E-state index contributed by atoms with van der Waals surface area (Å²) in [5, 5.41) is 11.9. The first kappa shape index (κ1) is 39.8. The molecule has 0 radical (unpaired) electrons. The first-order valence-electron chi connectivity index (χ1n) is 14.8. The third kappa shape index (κ3) is 13.3. The zero-order valence-electron chi connectivity index (χ0n) is 27.2. The molecule has 4 rings (SSSR count). The van der Waals surface area contributed by atoms with Gasteiger partial charge in [-0.15, -0.1) is 19.4 Å². The molecule has 16 heteroatoms. The number of anilines is 3. The molecule has 1 aliphatic rings. The minimum Gasteiger partial charge on any atom is -0.454 e. The van der Waals surface area contributed by atoms with Gasteiger partial charge in [0.25, 0.3) is 5.91 Å². The number of hydrogen-bond acceptors (Lipinski definition) is 9. The molecule has 4 N–H and O–H groups in total. The lowest BCUT2D eigenvalue weighted by Crippen LogP contribution is -2.40. The molecule has 2 aromatic carbocycles. The maximum atomic E-state index is 12.8. The van der Waals surface area contributed by atoms with Gasteiger partial charge in [-0.1, -0.05) is 29.8 Å². The van der Waals surface area contributed by atoms with Gasteiger partial charge in [-0.3, -0.25) is 14.4 Å². The van der Waals surface area contributed by atoms with Crippen LogP contribution in [0.1, 0.15) is 42.1 Å². The number of halogens is 4. The summed E-state index contributed by atoms with van der Waals surface area (Å²) in [6.45, 7) is 4.14. The van der Waals surface area contributed by atoms with E-state index in [0.717, 1.165) is 18.4 Å². The van der Waals surface area contributed by atoms with Crippen LogP contribution in [0.15, 0.2) is 61.2 Å². The Morgan fingerprint density at radius 3 is 2.10 bits per heavy atom. The molecule has 1 heterocycles. The Balaban J connectivity index is 0.00000158. The summed E-state index contributed by atoms with van der Waals surface area (Å²) in [4.78, 5) is 49.2.